The number of carbonyl (C=O) groups is 1. The largest absolute Gasteiger partial charge is 0.507 e. The molecular weight excluding hydrogens is 396 g/mol. The normalized spacial score (nSPS) is 28.2. The van der Waals surface area contributed by atoms with E-state index >= 15 is 0 Å². The molecule has 0 aromatic heterocycles. The van der Waals surface area contributed by atoms with Crippen molar-refractivity contribution in [1.29, 1.82) is 0 Å². The zero-order chi connectivity index (χ0) is 22.8. The lowest BCUT2D eigenvalue weighted by molar-refractivity contribution is -0.112. The van der Waals surface area contributed by atoms with E-state index in [1.54, 1.807) is 6.92 Å². The highest BCUT2D eigenvalue weighted by Crippen LogP contribution is 2.47. The van der Waals surface area contributed by atoms with Crippen molar-refractivity contribution >= 4 is 5.78 Å². The van der Waals surface area contributed by atoms with Gasteiger partial charge in [0, 0.05) is 35.0 Å². The summed E-state index contributed by atoms with van der Waals surface area (Å²) < 4.78 is 11.4. The monoisotopic (exact) mass is 426 g/mol. The second-order valence-corrected chi connectivity index (χ2v) is 9.03. The highest BCUT2D eigenvalue weighted by atomic mass is 16.5. The first-order valence-electron chi connectivity index (χ1n) is 10.8. The zero-order valence-corrected chi connectivity index (χ0v) is 18.9. The van der Waals surface area contributed by atoms with Gasteiger partial charge < -0.3 is 24.8 Å². The highest BCUT2D eigenvalue weighted by molar-refractivity contribution is 6.14. The zero-order valence-electron chi connectivity index (χ0n) is 18.9. The van der Waals surface area contributed by atoms with Crippen molar-refractivity contribution in [2.45, 2.75) is 72.7 Å². The van der Waals surface area contributed by atoms with Crippen LogP contribution in [0.4, 0.5) is 0 Å². The molecule has 1 aromatic rings. The van der Waals surface area contributed by atoms with Gasteiger partial charge in [0.25, 0.3) is 0 Å². The molecule has 0 saturated heterocycles. The van der Waals surface area contributed by atoms with E-state index in [0.717, 1.165) is 11.1 Å². The second kappa shape index (κ2) is 7.45. The summed E-state index contributed by atoms with van der Waals surface area (Å²) in [6, 6.07) is 0. The summed E-state index contributed by atoms with van der Waals surface area (Å²) in [7, 11) is 0. The standard InChI is InChI=1S/C25H30O6/c1-10-14(5)30-8-18-20(10)12(3)22(26)16(24(18)28)7-17-23(27)13(4)21-11(2)15(6)31-9-19(21)25(17)29/h8,10-11,14-15,26-27,29H,7,9H2,1-6H3/t10-,11-,14-,15-/m1/s1. The van der Waals surface area contributed by atoms with Crippen molar-refractivity contribution in [1.82, 2.24) is 0 Å². The number of carbonyl (C=O) groups excluding carboxylic acids is 1. The molecular formula is C25H30O6. The summed E-state index contributed by atoms with van der Waals surface area (Å²) in [5.74, 6) is -0.586. The molecule has 2 aliphatic heterocycles. The van der Waals surface area contributed by atoms with E-state index < -0.39 is 0 Å². The van der Waals surface area contributed by atoms with Gasteiger partial charge in [0.1, 0.15) is 23.4 Å². The number of allylic oxidation sites excluding steroid dienone is 3. The van der Waals surface area contributed by atoms with E-state index in [1.165, 1.54) is 6.26 Å². The Labute approximate surface area is 182 Å². The first-order chi connectivity index (χ1) is 14.6. The summed E-state index contributed by atoms with van der Waals surface area (Å²) in [6.45, 7) is 11.7. The highest BCUT2D eigenvalue weighted by Gasteiger charge is 2.39. The van der Waals surface area contributed by atoms with E-state index in [0.29, 0.717) is 22.3 Å². The number of phenols is 2. The third-order valence-electron chi connectivity index (χ3n) is 7.36. The van der Waals surface area contributed by atoms with Gasteiger partial charge in [-0.1, -0.05) is 13.8 Å². The van der Waals surface area contributed by atoms with E-state index in [1.807, 2.05) is 34.6 Å². The molecule has 2 heterocycles. The Bertz CT molecular complexity index is 1070. The molecule has 31 heavy (non-hydrogen) atoms. The van der Waals surface area contributed by atoms with Gasteiger partial charge in [-0.2, -0.15) is 0 Å². The predicted octanol–water partition coefficient (Wildman–Crippen LogP) is 4.62. The molecule has 3 N–H and O–H groups in total. The van der Waals surface area contributed by atoms with Crippen LogP contribution in [0.15, 0.2) is 34.3 Å². The number of ketones is 1. The van der Waals surface area contributed by atoms with Crippen LogP contribution in [-0.4, -0.2) is 33.3 Å². The molecule has 1 aromatic carbocycles. The Hall–Kier alpha value is -2.73. The van der Waals surface area contributed by atoms with Crippen LogP contribution in [0.5, 0.6) is 11.5 Å². The maximum atomic E-state index is 13.3. The maximum absolute atomic E-state index is 13.3. The van der Waals surface area contributed by atoms with Crippen LogP contribution >= 0.6 is 0 Å². The molecule has 0 amide bonds. The van der Waals surface area contributed by atoms with Crippen LogP contribution in [0.1, 0.15) is 62.8 Å². The third-order valence-corrected chi connectivity index (χ3v) is 7.36. The number of phenolic OH excluding ortho intramolecular Hbond substituents is 2. The van der Waals surface area contributed by atoms with Crippen LogP contribution < -0.4 is 0 Å². The van der Waals surface area contributed by atoms with Gasteiger partial charge in [-0.05, 0) is 50.0 Å². The van der Waals surface area contributed by atoms with Gasteiger partial charge in [0.2, 0.25) is 0 Å². The first-order valence-corrected chi connectivity index (χ1v) is 10.8. The fraction of sp³-hybridized carbons (Fsp3) is 0.480. The molecule has 4 atom stereocenters. The van der Waals surface area contributed by atoms with Gasteiger partial charge in [0.15, 0.2) is 5.78 Å². The molecule has 3 aliphatic rings. The van der Waals surface area contributed by atoms with Crippen molar-refractivity contribution in [2.75, 3.05) is 0 Å². The number of aliphatic hydroxyl groups excluding tert-OH is 1. The number of Topliss-reactive ketones (excluding diaryl/α,β-unsaturated/α-hetero) is 1. The quantitative estimate of drug-likeness (QED) is 0.639. The third kappa shape index (κ3) is 3.07. The maximum Gasteiger partial charge on any atom is 0.196 e. The van der Waals surface area contributed by atoms with Gasteiger partial charge in [-0.15, -0.1) is 0 Å². The van der Waals surface area contributed by atoms with Crippen LogP contribution in [0.2, 0.25) is 0 Å². The number of hydrogen-bond donors (Lipinski definition) is 3. The average molecular weight is 427 g/mol. The predicted molar refractivity (Wildman–Crippen MR) is 116 cm³/mol. The number of fused-ring (bicyclic) bond motifs is 2. The fourth-order valence-electron chi connectivity index (χ4n) is 5.05. The molecule has 1 aliphatic carbocycles. The summed E-state index contributed by atoms with van der Waals surface area (Å²) in [5, 5.41) is 32.9. The number of ether oxygens (including phenoxy) is 2. The SMILES string of the molecule is CC1=C2C(=CO[C@H](C)[C@H]2C)C(=O)C(Cc2c(O)c(C)c3c(c2O)CO[C@H](C)[C@H]3C)=C1O. The van der Waals surface area contributed by atoms with Crippen LogP contribution in [0, 0.1) is 12.8 Å². The summed E-state index contributed by atoms with van der Waals surface area (Å²) in [4.78, 5) is 13.3. The van der Waals surface area contributed by atoms with Gasteiger partial charge in [-0.3, -0.25) is 4.79 Å². The topological polar surface area (TPSA) is 96.2 Å². The molecule has 6 nitrogen and oxygen atoms in total. The molecule has 0 spiro atoms. The Morgan fingerprint density at radius 2 is 1.68 bits per heavy atom. The van der Waals surface area contributed by atoms with Crippen molar-refractivity contribution in [2.24, 2.45) is 5.92 Å². The van der Waals surface area contributed by atoms with Crippen molar-refractivity contribution in [3.8, 4) is 11.5 Å². The Balaban J connectivity index is 1.84. The molecule has 0 fully saturated rings. The van der Waals surface area contributed by atoms with Crippen molar-refractivity contribution in [3.63, 3.8) is 0 Å². The number of benzene rings is 1. The first kappa shape index (κ1) is 21.5. The van der Waals surface area contributed by atoms with Crippen LogP contribution in [-0.2, 0) is 27.3 Å². The second-order valence-electron chi connectivity index (χ2n) is 9.03. The minimum Gasteiger partial charge on any atom is -0.507 e. The molecule has 0 bridgehead atoms. The van der Waals surface area contributed by atoms with E-state index in [9.17, 15) is 20.1 Å². The van der Waals surface area contributed by atoms with E-state index in [2.05, 4.69) is 0 Å². The van der Waals surface area contributed by atoms with Crippen LogP contribution in [0.25, 0.3) is 0 Å². The summed E-state index contributed by atoms with van der Waals surface area (Å²) >= 11 is 0. The lowest BCUT2D eigenvalue weighted by atomic mass is 9.76. The molecule has 166 valence electrons. The number of rotatable bonds is 2. The summed E-state index contributed by atoms with van der Waals surface area (Å²) in [5.41, 5.74) is 4.40. The molecule has 6 heteroatoms. The minimum atomic E-state index is -0.343. The molecule has 0 radical (unpaired) electrons. The number of aliphatic hydroxyl groups is 1. The molecule has 4 rings (SSSR count). The van der Waals surface area contributed by atoms with Crippen LogP contribution in [0.3, 0.4) is 0 Å². The average Bonchev–Trinajstić information content (AvgIpc) is 2.73. The molecule has 0 unspecified atom stereocenters. The number of hydrogen-bond acceptors (Lipinski definition) is 6. The van der Waals surface area contributed by atoms with E-state index in [-0.39, 0.29) is 71.2 Å². The molecule has 0 saturated carbocycles. The Morgan fingerprint density at radius 3 is 2.35 bits per heavy atom. The van der Waals surface area contributed by atoms with Crippen molar-refractivity contribution in [3.05, 3.63) is 56.6 Å². The fourth-order valence-corrected chi connectivity index (χ4v) is 5.05. The Kier molecular flexibility index (Phi) is 5.16. The van der Waals surface area contributed by atoms with Crippen molar-refractivity contribution < 1.29 is 29.6 Å². The van der Waals surface area contributed by atoms with Gasteiger partial charge in [0.05, 0.1) is 24.5 Å². The minimum absolute atomic E-state index is 0.0132. The number of aromatic hydroxyl groups is 2. The lowest BCUT2D eigenvalue weighted by Crippen LogP contribution is -2.31. The van der Waals surface area contributed by atoms with Gasteiger partial charge in [-0.25, -0.2) is 0 Å². The van der Waals surface area contributed by atoms with E-state index in [4.69, 9.17) is 9.47 Å². The van der Waals surface area contributed by atoms with Gasteiger partial charge >= 0.3 is 0 Å². The lowest BCUT2D eigenvalue weighted by Gasteiger charge is -2.34. The Morgan fingerprint density at radius 1 is 1.00 bits per heavy atom. The summed E-state index contributed by atoms with van der Waals surface area (Å²) in [6.07, 6.45) is 1.24. The smallest absolute Gasteiger partial charge is 0.196 e.